The summed E-state index contributed by atoms with van der Waals surface area (Å²) < 4.78 is 5.11. The number of nitrogens with zero attached hydrogens (tertiary/aromatic N) is 1. The second-order valence-electron chi connectivity index (χ2n) is 3.34. The van der Waals surface area contributed by atoms with Gasteiger partial charge in [-0.15, -0.1) is 11.3 Å². The van der Waals surface area contributed by atoms with Crippen LogP contribution in [0.25, 0.3) is 0 Å². The molecule has 2 rings (SSSR count). The van der Waals surface area contributed by atoms with Crippen LogP contribution in [0.1, 0.15) is 21.3 Å². The number of rotatable bonds is 5. The van der Waals surface area contributed by atoms with E-state index in [9.17, 15) is 4.79 Å². The molecule has 2 aromatic rings. The van der Waals surface area contributed by atoms with Crippen molar-refractivity contribution in [2.75, 3.05) is 6.54 Å². The molecule has 0 fully saturated rings. The fraction of sp³-hybridized carbons (Fsp3) is 0.273. The molecule has 0 unspecified atom stereocenters. The molecule has 0 bridgehead atoms. The Morgan fingerprint density at radius 3 is 3.12 bits per heavy atom. The van der Waals surface area contributed by atoms with Crippen LogP contribution in [0.15, 0.2) is 28.2 Å². The summed E-state index contributed by atoms with van der Waals surface area (Å²) >= 11 is 1.47. The maximum Gasteiger partial charge on any atom is 0.189 e. The summed E-state index contributed by atoms with van der Waals surface area (Å²) in [5.74, 6) is 0.646. The van der Waals surface area contributed by atoms with Crippen LogP contribution in [0.2, 0.25) is 0 Å². The van der Waals surface area contributed by atoms with Crippen LogP contribution in [0.3, 0.4) is 0 Å². The lowest BCUT2D eigenvalue weighted by molar-refractivity contribution is 0.0982. The van der Waals surface area contributed by atoms with Crippen LogP contribution in [-0.2, 0) is 12.8 Å². The number of ketones is 1. The van der Waals surface area contributed by atoms with Crippen molar-refractivity contribution in [3.63, 3.8) is 0 Å². The number of nitrogens with two attached hydrogens (primary N) is 1. The van der Waals surface area contributed by atoms with Crippen molar-refractivity contribution in [1.82, 2.24) is 4.98 Å². The second kappa shape index (κ2) is 5.05. The van der Waals surface area contributed by atoms with Gasteiger partial charge in [-0.25, -0.2) is 4.98 Å². The summed E-state index contributed by atoms with van der Waals surface area (Å²) in [5.41, 5.74) is 5.93. The maximum atomic E-state index is 11.8. The molecule has 0 spiro atoms. The minimum atomic E-state index is -0.0190. The Morgan fingerprint density at radius 2 is 2.44 bits per heavy atom. The van der Waals surface area contributed by atoms with Crippen molar-refractivity contribution in [3.8, 4) is 0 Å². The molecule has 0 amide bonds. The molecule has 16 heavy (non-hydrogen) atoms. The van der Waals surface area contributed by atoms with Crippen LogP contribution in [-0.4, -0.2) is 17.3 Å². The Bertz CT molecular complexity index is 462. The van der Waals surface area contributed by atoms with E-state index >= 15 is 0 Å². The molecule has 2 heterocycles. The topological polar surface area (TPSA) is 69.1 Å². The number of thiazole rings is 1. The second-order valence-corrected chi connectivity index (χ2v) is 4.29. The number of aromatic nitrogens is 1. The van der Waals surface area contributed by atoms with Crippen LogP contribution in [0, 0.1) is 0 Å². The third-order valence-corrected chi connectivity index (χ3v) is 3.02. The van der Waals surface area contributed by atoms with E-state index < -0.39 is 0 Å². The smallest absolute Gasteiger partial charge is 0.189 e. The van der Waals surface area contributed by atoms with Crippen LogP contribution >= 0.6 is 11.3 Å². The SMILES string of the molecule is NCCc1nc(C(=O)Cc2ccco2)cs1. The van der Waals surface area contributed by atoms with Crippen molar-refractivity contribution in [2.24, 2.45) is 5.73 Å². The molecule has 0 aromatic carbocycles. The third kappa shape index (κ3) is 2.56. The highest BCUT2D eigenvalue weighted by Gasteiger charge is 2.12. The quantitative estimate of drug-likeness (QED) is 0.802. The predicted octanol–water partition coefficient (Wildman–Crippen LogP) is 1.66. The molecule has 84 valence electrons. The van der Waals surface area contributed by atoms with Crippen molar-refractivity contribution >= 4 is 17.1 Å². The summed E-state index contributed by atoms with van der Waals surface area (Å²) in [6.45, 7) is 0.555. The Balaban J connectivity index is 2.03. The lowest BCUT2D eigenvalue weighted by Gasteiger charge is -1.93. The van der Waals surface area contributed by atoms with E-state index in [0.717, 1.165) is 11.4 Å². The largest absolute Gasteiger partial charge is 0.469 e. The zero-order chi connectivity index (χ0) is 11.4. The summed E-state index contributed by atoms with van der Waals surface area (Å²) in [6, 6.07) is 3.55. The van der Waals surface area contributed by atoms with Gasteiger partial charge in [-0.1, -0.05) is 0 Å². The summed E-state index contributed by atoms with van der Waals surface area (Å²) in [6.07, 6.45) is 2.54. The van der Waals surface area contributed by atoms with Gasteiger partial charge < -0.3 is 10.2 Å². The molecule has 4 nitrogen and oxygen atoms in total. The van der Waals surface area contributed by atoms with Crippen LogP contribution in [0.5, 0.6) is 0 Å². The first-order valence-corrected chi connectivity index (χ1v) is 5.87. The van der Waals surface area contributed by atoms with E-state index in [1.165, 1.54) is 11.3 Å². The number of Topliss-reactive ketones (excluding diaryl/α,β-unsaturated/α-hetero) is 1. The van der Waals surface area contributed by atoms with Crippen molar-refractivity contribution in [3.05, 3.63) is 40.2 Å². The van der Waals surface area contributed by atoms with Crippen molar-refractivity contribution in [2.45, 2.75) is 12.8 Å². The predicted molar refractivity (Wildman–Crippen MR) is 61.6 cm³/mol. The van der Waals surface area contributed by atoms with Gasteiger partial charge in [-0.2, -0.15) is 0 Å². The minimum absolute atomic E-state index is 0.0190. The van der Waals surface area contributed by atoms with Gasteiger partial charge in [-0.05, 0) is 18.7 Å². The van der Waals surface area contributed by atoms with E-state index in [-0.39, 0.29) is 12.2 Å². The lowest BCUT2D eigenvalue weighted by Crippen LogP contribution is -2.05. The first kappa shape index (κ1) is 11.0. The molecule has 2 aromatic heterocycles. The van der Waals surface area contributed by atoms with Gasteiger partial charge in [0.25, 0.3) is 0 Å². The first-order valence-electron chi connectivity index (χ1n) is 4.99. The Morgan fingerprint density at radius 1 is 1.56 bits per heavy atom. The molecule has 2 N–H and O–H groups in total. The zero-order valence-corrected chi connectivity index (χ0v) is 9.50. The number of hydrogen-bond donors (Lipinski definition) is 1. The third-order valence-electron chi connectivity index (χ3n) is 2.11. The Kier molecular flexibility index (Phi) is 3.48. The number of hydrogen-bond acceptors (Lipinski definition) is 5. The fourth-order valence-electron chi connectivity index (χ4n) is 1.34. The number of furan rings is 1. The monoisotopic (exact) mass is 236 g/mol. The maximum absolute atomic E-state index is 11.8. The molecule has 0 aliphatic carbocycles. The van der Waals surface area contributed by atoms with Gasteiger partial charge >= 0.3 is 0 Å². The highest BCUT2D eigenvalue weighted by atomic mass is 32.1. The van der Waals surface area contributed by atoms with Crippen LogP contribution < -0.4 is 5.73 Å². The fourth-order valence-corrected chi connectivity index (χ4v) is 2.16. The summed E-state index contributed by atoms with van der Waals surface area (Å²) in [5, 5.41) is 2.68. The highest BCUT2D eigenvalue weighted by Crippen LogP contribution is 2.13. The van der Waals surface area contributed by atoms with Gasteiger partial charge in [0.05, 0.1) is 17.7 Å². The van der Waals surface area contributed by atoms with E-state index in [0.29, 0.717) is 18.0 Å². The van der Waals surface area contributed by atoms with E-state index in [4.69, 9.17) is 10.2 Å². The molecule has 0 aliphatic rings. The standard InChI is InChI=1S/C11H12N2O2S/c12-4-3-11-13-9(7-16-11)10(14)6-8-2-1-5-15-8/h1-2,5,7H,3-4,6,12H2. The van der Waals surface area contributed by atoms with E-state index in [2.05, 4.69) is 4.98 Å². The van der Waals surface area contributed by atoms with Crippen LogP contribution in [0.4, 0.5) is 0 Å². The first-order chi connectivity index (χ1) is 7.79. The number of carbonyl (C=O) groups excluding carboxylic acids is 1. The Hall–Kier alpha value is -1.46. The van der Waals surface area contributed by atoms with Crippen molar-refractivity contribution < 1.29 is 9.21 Å². The van der Waals surface area contributed by atoms with E-state index in [1.807, 2.05) is 0 Å². The van der Waals surface area contributed by atoms with Gasteiger partial charge in [0.2, 0.25) is 0 Å². The lowest BCUT2D eigenvalue weighted by atomic mass is 10.2. The summed E-state index contributed by atoms with van der Waals surface area (Å²) in [7, 11) is 0. The van der Waals surface area contributed by atoms with Gasteiger partial charge in [0.15, 0.2) is 5.78 Å². The normalized spacial score (nSPS) is 10.6. The highest BCUT2D eigenvalue weighted by molar-refractivity contribution is 7.09. The Labute approximate surface area is 97.1 Å². The van der Waals surface area contributed by atoms with E-state index in [1.54, 1.807) is 23.8 Å². The average Bonchev–Trinajstić information content (AvgIpc) is 2.89. The zero-order valence-electron chi connectivity index (χ0n) is 8.68. The molecular formula is C11H12N2O2S. The van der Waals surface area contributed by atoms with Gasteiger partial charge in [0.1, 0.15) is 11.5 Å². The molecule has 0 radical (unpaired) electrons. The molecule has 0 atom stereocenters. The molecule has 0 saturated carbocycles. The number of carbonyl (C=O) groups is 1. The molecule has 5 heteroatoms. The van der Waals surface area contributed by atoms with Gasteiger partial charge in [-0.3, -0.25) is 4.79 Å². The average molecular weight is 236 g/mol. The van der Waals surface area contributed by atoms with Gasteiger partial charge in [0, 0.05) is 11.8 Å². The molecule has 0 saturated heterocycles. The molecule has 0 aliphatic heterocycles. The molecular weight excluding hydrogens is 224 g/mol. The summed E-state index contributed by atoms with van der Waals surface area (Å²) in [4.78, 5) is 16.0. The minimum Gasteiger partial charge on any atom is -0.469 e. The van der Waals surface area contributed by atoms with Crippen molar-refractivity contribution in [1.29, 1.82) is 0 Å².